The van der Waals surface area contributed by atoms with Crippen LogP contribution >= 0.6 is 0 Å². The second-order valence-corrected chi connectivity index (χ2v) is 10.4. The number of rotatable bonds is 9. The van der Waals surface area contributed by atoms with Gasteiger partial charge in [0.2, 0.25) is 5.91 Å². The second kappa shape index (κ2) is 12.5. The predicted octanol–water partition coefficient (Wildman–Crippen LogP) is 4.59. The van der Waals surface area contributed by atoms with Gasteiger partial charge in [0.15, 0.2) is 0 Å². The molecule has 11 heteroatoms. The number of amides is 2. The molecule has 0 bridgehead atoms. The van der Waals surface area contributed by atoms with E-state index in [-0.39, 0.29) is 30.3 Å². The Kier molecular flexibility index (Phi) is 8.86. The summed E-state index contributed by atoms with van der Waals surface area (Å²) in [5, 5.41) is 8.73. The van der Waals surface area contributed by atoms with Crippen LogP contribution in [0.25, 0.3) is 10.9 Å². The summed E-state index contributed by atoms with van der Waals surface area (Å²) in [6.45, 7) is 7.18. The molecule has 4 rings (SSSR count). The van der Waals surface area contributed by atoms with Crippen LogP contribution in [-0.4, -0.2) is 40.7 Å². The van der Waals surface area contributed by atoms with Crippen molar-refractivity contribution >= 4 is 34.6 Å². The van der Waals surface area contributed by atoms with E-state index in [1.807, 2.05) is 24.3 Å². The fraction of sp³-hybridized carbons (Fsp3) is 0.300. The maximum absolute atomic E-state index is 13.3. The Morgan fingerprint density at radius 2 is 1.80 bits per heavy atom. The highest BCUT2D eigenvalue weighted by molar-refractivity contribution is 5.93. The van der Waals surface area contributed by atoms with Gasteiger partial charge in [0.05, 0.1) is 30.3 Å². The summed E-state index contributed by atoms with van der Waals surface area (Å²) in [5.74, 6) is 0.361. The fourth-order valence-corrected chi connectivity index (χ4v) is 4.09. The molecule has 2 aromatic heterocycles. The molecule has 0 aliphatic carbocycles. The van der Waals surface area contributed by atoms with Gasteiger partial charge < -0.3 is 24.5 Å². The molecule has 2 amide bonds. The SMILES string of the molecule is COc1ccc(C[C@H](Nc2nc3ccc(NC(=O)OC(C)(C)C)c(C)c3c(=O)o2)C(=O)NCc2ccccn2)cc1. The van der Waals surface area contributed by atoms with Crippen molar-refractivity contribution in [3.63, 3.8) is 0 Å². The van der Waals surface area contributed by atoms with Gasteiger partial charge in [-0.2, -0.15) is 4.98 Å². The molecule has 0 radical (unpaired) electrons. The van der Waals surface area contributed by atoms with E-state index in [0.29, 0.717) is 28.2 Å². The Balaban J connectivity index is 1.58. The summed E-state index contributed by atoms with van der Waals surface area (Å²) in [5.41, 5.74) is 1.42. The molecule has 214 valence electrons. The molecule has 0 saturated carbocycles. The minimum absolute atomic E-state index is 0.110. The normalized spacial score (nSPS) is 11.9. The van der Waals surface area contributed by atoms with Crippen molar-refractivity contribution < 1.29 is 23.5 Å². The van der Waals surface area contributed by atoms with E-state index in [2.05, 4.69) is 25.9 Å². The lowest BCUT2D eigenvalue weighted by molar-refractivity contribution is -0.122. The lowest BCUT2D eigenvalue weighted by Gasteiger charge is -2.20. The summed E-state index contributed by atoms with van der Waals surface area (Å²) in [7, 11) is 1.58. The standard InChI is InChI=1S/C30H33N5O6/c1-18-22(35-29(38)41-30(2,3)4)13-14-23-25(18)27(37)40-28(33-23)34-24(16-19-9-11-21(39-5)12-10-19)26(36)32-17-20-8-6-7-15-31-20/h6-15,24H,16-17H2,1-5H3,(H,32,36)(H,33,34)(H,35,38)/t24-/m0/s1. The molecule has 0 aliphatic heterocycles. The van der Waals surface area contributed by atoms with E-state index >= 15 is 0 Å². The monoisotopic (exact) mass is 559 g/mol. The lowest BCUT2D eigenvalue weighted by atomic mass is 10.0. The van der Waals surface area contributed by atoms with Gasteiger partial charge in [0.25, 0.3) is 6.01 Å². The van der Waals surface area contributed by atoms with Crippen LogP contribution in [0.2, 0.25) is 0 Å². The van der Waals surface area contributed by atoms with Gasteiger partial charge in [-0.1, -0.05) is 18.2 Å². The van der Waals surface area contributed by atoms with Gasteiger partial charge in [-0.05, 0) is 75.2 Å². The van der Waals surface area contributed by atoms with Crippen molar-refractivity contribution in [1.82, 2.24) is 15.3 Å². The number of benzene rings is 2. The number of methoxy groups -OCH3 is 1. The molecular weight excluding hydrogens is 526 g/mol. The zero-order valence-electron chi connectivity index (χ0n) is 23.6. The minimum Gasteiger partial charge on any atom is -0.497 e. The number of hydrogen-bond donors (Lipinski definition) is 3. The number of anilines is 2. The van der Waals surface area contributed by atoms with E-state index in [1.165, 1.54) is 0 Å². The van der Waals surface area contributed by atoms with E-state index < -0.39 is 23.4 Å². The number of fused-ring (bicyclic) bond motifs is 1. The fourth-order valence-electron chi connectivity index (χ4n) is 4.09. The zero-order chi connectivity index (χ0) is 29.6. The molecule has 0 unspecified atom stereocenters. The number of hydrogen-bond acceptors (Lipinski definition) is 9. The molecule has 3 N–H and O–H groups in total. The number of aryl methyl sites for hydroxylation is 1. The minimum atomic E-state index is -0.825. The van der Waals surface area contributed by atoms with Crippen molar-refractivity contribution in [3.05, 3.63) is 88.0 Å². The maximum atomic E-state index is 13.3. The Morgan fingerprint density at radius 1 is 1.05 bits per heavy atom. The maximum Gasteiger partial charge on any atom is 0.412 e. The molecule has 4 aromatic rings. The van der Waals surface area contributed by atoms with Gasteiger partial charge in [-0.15, -0.1) is 0 Å². The summed E-state index contributed by atoms with van der Waals surface area (Å²) in [6, 6.07) is 15.1. The first kappa shape index (κ1) is 29.1. The van der Waals surface area contributed by atoms with Crippen molar-refractivity contribution in [2.75, 3.05) is 17.7 Å². The van der Waals surface area contributed by atoms with Crippen LogP contribution in [0.3, 0.4) is 0 Å². The smallest absolute Gasteiger partial charge is 0.412 e. The zero-order valence-corrected chi connectivity index (χ0v) is 23.6. The van der Waals surface area contributed by atoms with Crippen LogP contribution < -0.4 is 26.3 Å². The Bertz CT molecular complexity index is 1580. The topological polar surface area (TPSA) is 145 Å². The number of pyridine rings is 1. The molecule has 11 nitrogen and oxygen atoms in total. The quantitative estimate of drug-likeness (QED) is 0.268. The van der Waals surface area contributed by atoms with Crippen LogP contribution in [0.4, 0.5) is 16.5 Å². The highest BCUT2D eigenvalue weighted by Crippen LogP contribution is 2.24. The lowest BCUT2D eigenvalue weighted by Crippen LogP contribution is -2.41. The van der Waals surface area contributed by atoms with Gasteiger partial charge in [-0.25, -0.2) is 9.59 Å². The number of ether oxygens (including phenoxy) is 2. The highest BCUT2D eigenvalue weighted by atomic mass is 16.6. The third-order valence-corrected chi connectivity index (χ3v) is 6.08. The van der Waals surface area contributed by atoms with Crippen molar-refractivity contribution in [1.29, 1.82) is 0 Å². The molecule has 0 saturated heterocycles. The van der Waals surface area contributed by atoms with Crippen LogP contribution in [0.5, 0.6) is 5.75 Å². The first-order valence-corrected chi connectivity index (χ1v) is 13.0. The molecule has 0 spiro atoms. The Labute approximate surface area is 237 Å². The first-order valence-electron chi connectivity index (χ1n) is 13.0. The molecule has 2 heterocycles. The number of carbonyl (C=O) groups excluding carboxylic acids is 2. The molecule has 2 aromatic carbocycles. The summed E-state index contributed by atoms with van der Waals surface area (Å²) >= 11 is 0. The highest BCUT2D eigenvalue weighted by Gasteiger charge is 2.23. The Hall–Kier alpha value is -4.93. The van der Waals surface area contributed by atoms with Gasteiger partial charge in [0.1, 0.15) is 17.4 Å². The predicted molar refractivity (Wildman–Crippen MR) is 155 cm³/mol. The molecule has 0 fully saturated rings. The van der Waals surface area contributed by atoms with Crippen LogP contribution in [0.1, 0.15) is 37.6 Å². The van der Waals surface area contributed by atoms with Crippen molar-refractivity contribution in [3.8, 4) is 5.75 Å². The molecule has 0 aliphatic rings. The Morgan fingerprint density at radius 3 is 2.46 bits per heavy atom. The third-order valence-electron chi connectivity index (χ3n) is 6.08. The summed E-state index contributed by atoms with van der Waals surface area (Å²) in [6.07, 6.45) is 1.28. The van der Waals surface area contributed by atoms with Crippen molar-refractivity contribution in [2.24, 2.45) is 0 Å². The molecule has 1 atom stereocenters. The van der Waals surface area contributed by atoms with Gasteiger partial charge >= 0.3 is 11.7 Å². The largest absolute Gasteiger partial charge is 0.497 e. The number of carbonyl (C=O) groups is 2. The van der Waals surface area contributed by atoms with Crippen LogP contribution in [-0.2, 0) is 22.5 Å². The van der Waals surface area contributed by atoms with Crippen LogP contribution in [0, 0.1) is 6.92 Å². The first-order chi connectivity index (χ1) is 19.5. The van der Waals surface area contributed by atoms with Crippen LogP contribution in [0.15, 0.2) is 70.0 Å². The second-order valence-electron chi connectivity index (χ2n) is 10.4. The average Bonchev–Trinajstić information content (AvgIpc) is 2.92. The summed E-state index contributed by atoms with van der Waals surface area (Å²) < 4.78 is 16.0. The van der Waals surface area contributed by atoms with E-state index in [0.717, 1.165) is 5.56 Å². The molecular formula is C30H33N5O6. The number of nitrogens with one attached hydrogen (secondary N) is 3. The summed E-state index contributed by atoms with van der Waals surface area (Å²) in [4.78, 5) is 47.3. The van der Waals surface area contributed by atoms with E-state index in [4.69, 9.17) is 13.9 Å². The third kappa shape index (κ3) is 7.81. The number of aromatic nitrogens is 2. The van der Waals surface area contributed by atoms with Crippen molar-refractivity contribution in [2.45, 2.75) is 52.3 Å². The van der Waals surface area contributed by atoms with E-state index in [9.17, 15) is 14.4 Å². The number of nitrogens with zero attached hydrogens (tertiary/aromatic N) is 2. The average molecular weight is 560 g/mol. The van der Waals surface area contributed by atoms with E-state index in [1.54, 1.807) is 71.3 Å². The molecule has 41 heavy (non-hydrogen) atoms. The van der Waals surface area contributed by atoms with Gasteiger partial charge in [-0.3, -0.25) is 15.1 Å². The van der Waals surface area contributed by atoms with Gasteiger partial charge in [0, 0.05) is 18.3 Å².